The van der Waals surface area contributed by atoms with Gasteiger partial charge in [-0.3, -0.25) is 4.79 Å². The Morgan fingerprint density at radius 1 is 1.35 bits per heavy atom. The Morgan fingerprint density at radius 2 is 2.10 bits per heavy atom. The highest BCUT2D eigenvalue weighted by molar-refractivity contribution is 7.89. The minimum Gasteiger partial charge on any atom is -0.356 e. The van der Waals surface area contributed by atoms with Gasteiger partial charge in [-0.25, -0.2) is 13.6 Å². The quantitative estimate of drug-likeness (QED) is 0.791. The van der Waals surface area contributed by atoms with Crippen molar-refractivity contribution in [2.45, 2.75) is 31.6 Å². The number of nitrogens with one attached hydrogen (secondary N) is 1. The molecule has 1 atom stereocenters. The second kappa shape index (κ2) is 6.37. The minimum absolute atomic E-state index is 0.0217. The first kappa shape index (κ1) is 15.0. The topological polar surface area (TPSA) is 89.3 Å². The SMILES string of the molecule is NS(=O)(=O)CCCNC(=O)[C@H]1CCCc2ccccc21. The number of hydrogen-bond donors (Lipinski definition) is 2. The summed E-state index contributed by atoms with van der Waals surface area (Å²) in [5.41, 5.74) is 2.34. The fourth-order valence-electron chi connectivity index (χ4n) is 2.63. The van der Waals surface area contributed by atoms with Crippen LogP contribution in [0.25, 0.3) is 0 Å². The van der Waals surface area contributed by atoms with E-state index in [-0.39, 0.29) is 17.6 Å². The van der Waals surface area contributed by atoms with Gasteiger partial charge in [0.15, 0.2) is 0 Å². The van der Waals surface area contributed by atoms with Crippen molar-refractivity contribution < 1.29 is 13.2 Å². The maximum Gasteiger partial charge on any atom is 0.227 e. The number of aryl methyl sites for hydroxylation is 1. The van der Waals surface area contributed by atoms with Gasteiger partial charge in [-0.15, -0.1) is 0 Å². The standard InChI is InChI=1S/C14H20N2O3S/c15-20(18,19)10-4-9-16-14(17)13-8-3-6-11-5-1-2-7-12(11)13/h1-2,5,7,13H,3-4,6,8-10H2,(H,16,17)(H2,15,18,19)/t13-/m0/s1. The number of fused-ring (bicyclic) bond motifs is 1. The number of benzene rings is 1. The van der Waals surface area contributed by atoms with Crippen LogP contribution in [-0.2, 0) is 21.2 Å². The first-order valence-corrected chi connectivity index (χ1v) is 8.55. The monoisotopic (exact) mass is 296 g/mol. The molecule has 0 heterocycles. The Balaban J connectivity index is 1.91. The van der Waals surface area contributed by atoms with Gasteiger partial charge in [0, 0.05) is 6.54 Å². The van der Waals surface area contributed by atoms with E-state index in [0.717, 1.165) is 24.8 Å². The number of amides is 1. The van der Waals surface area contributed by atoms with Crippen LogP contribution in [-0.4, -0.2) is 26.6 Å². The maximum atomic E-state index is 12.2. The molecule has 1 aliphatic rings. The van der Waals surface area contributed by atoms with Crippen LogP contribution >= 0.6 is 0 Å². The third-order valence-corrected chi connectivity index (χ3v) is 4.45. The zero-order chi connectivity index (χ0) is 14.6. The molecule has 0 spiro atoms. The zero-order valence-corrected chi connectivity index (χ0v) is 12.2. The summed E-state index contributed by atoms with van der Waals surface area (Å²) in [6, 6.07) is 8.01. The predicted molar refractivity (Wildman–Crippen MR) is 77.7 cm³/mol. The lowest BCUT2D eigenvalue weighted by Crippen LogP contribution is -2.33. The highest BCUT2D eigenvalue weighted by Gasteiger charge is 2.25. The number of hydrogen-bond acceptors (Lipinski definition) is 3. The summed E-state index contributed by atoms with van der Waals surface area (Å²) in [7, 11) is -3.45. The number of primary sulfonamides is 1. The van der Waals surface area contributed by atoms with Gasteiger partial charge in [-0.2, -0.15) is 0 Å². The molecule has 0 aliphatic heterocycles. The van der Waals surface area contributed by atoms with Crippen molar-refractivity contribution in [2.75, 3.05) is 12.3 Å². The van der Waals surface area contributed by atoms with Gasteiger partial charge >= 0.3 is 0 Å². The van der Waals surface area contributed by atoms with Crippen LogP contribution in [0.15, 0.2) is 24.3 Å². The van der Waals surface area contributed by atoms with E-state index < -0.39 is 10.0 Å². The van der Waals surface area contributed by atoms with Crippen LogP contribution < -0.4 is 10.5 Å². The van der Waals surface area contributed by atoms with Gasteiger partial charge in [-0.05, 0) is 36.8 Å². The first-order valence-electron chi connectivity index (χ1n) is 6.83. The summed E-state index contributed by atoms with van der Waals surface area (Å²) >= 11 is 0. The van der Waals surface area contributed by atoms with Gasteiger partial charge in [0.1, 0.15) is 0 Å². The molecule has 1 aromatic carbocycles. The molecule has 0 saturated carbocycles. The third kappa shape index (κ3) is 4.05. The van der Waals surface area contributed by atoms with Crippen LogP contribution in [0.5, 0.6) is 0 Å². The van der Waals surface area contributed by atoms with Gasteiger partial charge < -0.3 is 5.32 Å². The van der Waals surface area contributed by atoms with Gasteiger partial charge in [0.2, 0.25) is 15.9 Å². The highest BCUT2D eigenvalue weighted by atomic mass is 32.2. The molecule has 0 radical (unpaired) electrons. The number of nitrogens with two attached hydrogens (primary N) is 1. The smallest absolute Gasteiger partial charge is 0.227 e. The lowest BCUT2D eigenvalue weighted by molar-refractivity contribution is -0.122. The zero-order valence-electron chi connectivity index (χ0n) is 11.3. The van der Waals surface area contributed by atoms with Crippen LogP contribution in [0.1, 0.15) is 36.3 Å². The van der Waals surface area contributed by atoms with E-state index in [1.165, 1.54) is 5.56 Å². The molecule has 1 amide bonds. The molecule has 1 aromatic rings. The minimum atomic E-state index is -3.45. The molecule has 0 unspecified atom stereocenters. The fourth-order valence-corrected chi connectivity index (χ4v) is 3.18. The Morgan fingerprint density at radius 3 is 2.85 bits per heavy atom. The summed E-state index contributed by atoms with van der Waals surface area (Å²) in [6.07, 6.45) is 3.22. The van der Waals surface area contributed by atoms with Crippen LogP contribution in [0.3, 0.4) is 0 Å². The van der Waals surface area contributed by atoms with E-state index >= 15 is 0 Å². The molecular weight excluding hydrogens is 276 g/mol. The van der Waals surface area contributed by atoms with Gasteiger partial charge in [-0.1, -0.05) is 24.3 Å². The Kier molecular flexibility index (Phi) is 4.77. The summed E-state index contributed by atoms with van der Waals surface area (Å²) in [5.74, 6) is -0.241. The second-order valence-electron chi connectivity index (χ2n) is 5.16. The van der Waals surface area contributed by atoms with Crippen LogP contribution in [0.2, 0.25) is 0 Å². The van der Waals surface area contributed by atoms with Crippen molar-refractivity contribution in [3.8, 4) is 0 Å². The van der Waals surface area contributed by atoms with Crippen molar-refractivity contribution in [1.29, 1.82) is 0 Å². The van der Waals surface area contributed by atoms with Crippen LogP contribution in [0.4, 0.5) is 0 Å². The summed E-state index contributed by atoms with van der Waals surface area (Å²) < 4.78 is 21.6. The molecule has 110 valence electrons. The van der Waals surface area contributed by atoms with E-state index in [1.807, 2.05) is 18.2 Å². The molecule has 3 N–H and O–H groups in total. The molecule has 0 aromatic heterocycles. The number of rotatable bonds is 5. The maximum absolute atomic E-state index is 12.2. The lowest BCUT2D eigenvalue weighted by atomic mass is 9.82. The van der Waals surface area contributed by atoms with Crippen LogP contribution in [0, 0.1) is 0 Å². The van der Waals surface area contributed by atoms with E-state index in [9.17, 15) is 13.2 Å². The van der Waals surface area contributed by atoms with E-state index in [2.05, 4.69) is 11.4 Å². The molecule has 6 heteroatoms. The van der Waals surface area contributed by atoms with E-state index in [0.29, 0.717) is 13.0 Å². The Labute approximate surface area is 119 Å². The molecule has 1 aliphatic carbocycles. The largest absolute Gasteiger partial charge is 0.356 e. The highest BCUT2D eigenvalue weighted by Crippen LogP contribution is 2.31. The molecule has 2 rings (SSSR count). The summed E-state index contributed by atoms with van der Waals surface area (Å²) in [5, 5.41) is 7.72. The Hall–Kier alpha value is -1.40. The molecule has 20 heavy (non-hydrogen) atoms. The van der Waals surface area contributed by atoms with Crippen molar-refractivity contribution in [3.63, 3.8) is 0 Å². The lowest BCUT2D eigenvalue weighted by Gasteiger charge is -2.24. The van der Waals surface area contributed by atoms with E-state index in [1.54, 1.807) is 0 Å². The van der Waals surface area contributed by atoms with Crippen molar-refractivity contribution in [2.24, 2.45) is 5.14 Å². The summed E-state index contributed by atoms with van der Waals surface area (Å²) in [4.78, 5) is 12.2. The molecular formula is C14H20N2O3S. The van der Waals surface area contributed by atoms with E-state index in [4.69, 9.17) is 5.14 Å². The predicted octanol–water partition coefficient (Wildman–Crippen LogP) is 0.901. The molecule has 5 nitrogen and oxygen atoms in total. The normalized spacial score (nSPS) is 18.4. The average molecular weight is 296 g/mol. The summed E-state index contributed by atoms with van der Waals surface area (Å²) in [6.45, 7) is 0.341. The van der Waals surface area contributed by atoms with Crippen molar-refractivity contribution in [1.82, 2.24) is 5.32 Å². The fraction of sp³-hybridized carbons (Fsp3) is 0.500. The average Bonchev–Trinajstić information content (AvgIpc) is 2.41. The van der Waals surface area contributed by atoms with Gasteiger partial charge in [0.25, 0.3) is 0 Å². The number of sulfonamides is 1. The molecule has 0 fully saturated rings. The van der Waals surface area contributed by atoms with Crippen molar-refractivity contribution in [3.05, 3.63) is 35.4 Å². The van der Waals surface area contributed by atoms with Gasteiger partial charge in [0.05, 0.1) is 11.7 Å². The number of carbonyl (C=O) groups excluding carboxylic acids is 1. The second-order valence-corrected chi connectivity index (χ2v) is 6.89. The third-order valence-electron chi connectivity index (χ3n) is 3.59. The Bertz CT molecular complexity index is 584. The van der Waals surface area contributed by atoms with Crippen molar-refractivity contribution >= 4 is 15.9 Å². The number of carbonyl (C=O) groups is 1. The molecule has 0 saturated heterocycles. The first-order chi connectivity index (χ1) is 9.47. The molecule has 0 bridgehead atoms.